The summed E-state index contributed by atoms with van der Waals surface area (Å²) < 4.78 is 7.75. The zero-order valence-electron chi connectivity index (χ0n) is 26.0. The Morgan fingerprint density at radius 1 is 0.825 bits per heavy atom. The Bertz CT molecular complexity index is 1170. The van der Waals surface area contributed by atoms with Crippen LogP contribution in [0.4, 0.5) is 5.82 Å². The number of fused-ring (bicyclic) bond motifs is 1. The average Bonchev–Trinajstić information content (AvgIpc) is 3.24. The molecule has 0 bridgehead atoms. The summed E-state index contributed by atoms with van der Waals surface area (Å²) in [5.74, 6) is 1.41. The standard InChI is InChI=1S/C35H53N3O2/c1-7-8-9-10-11-12-13-14-15-16-17-21-31(39)40-29-24-22-28(23-25-29)32-33(37-35(5,6)27-34(2,3)4)38-26-19-18-20-30(38)36-32/h18-20,22-26,37H,7-17,21,27H2,1-6H3. The number of hydrogen-bond acceptors (Lipinski definition) is 4. The van der Waals surface area contributed by atoms with Gasteiger partial charge in [-0.3, -0.25) is 9.20 Å². The van der Waals surface area contributed by atoms with Gasteiger partial charge >= 0.3 is 5.97 Å². The molecule has 0 saturated heterocycles. The minimum atomic E-state index is -0.150. The predicted octanol–water partition coefficient (Wildman–Crippen LogP) is 10.2. The van der Waals surface area contributed by atoms with Crippen molar-refractivity contribution in [1.29, 1.82) is 0 Å². The number of pyridine rings is 1. The fourth-order valence-corrected chi connectivity index (χ4v) is 5.80. The maximum absolute atomic E-state index is 12.4. The monoisotopic (exact) mass is 547 g/mol. The Hall–Kier alpha value is -2.82. The number of benzene rings is 1. The zero-order valence-corrected chi connectivity index (χ0v) is 26.0. The van der Waals surface area contributed by atoms with Crippen LogP contribution in [0, 0.1) is 5.41 Å². The number of nitrogens with one attached hydrogen (secondary N) is 1. The van der Waals surface area contributed by atoms with Crippen LogP contribution in [-0.2, 0) is 4.79 Å². The highest BCUT2D eigenvalue weighted by Crippen LogP contribution is 2.35. The Morgan fingerprint density at radius 3 is 2.02 bits per heavy atom. The number of ether oxygens (including phenoxy) is 1. The fourth-order valence-electron chi connectivity index (χ4n) is 5.80. The smallest absolute Gasteiger partial charge is 0.311 e. The molecule has 40 heavy (non-hydrogen) atoms. The highest BCUT2D eigenvalue weighted by molar-refractivity contribution is 5.78. The van der Waals surface area contributed by atoms with Gasteiger partial charge in [-0.2, -0.15) is 0 Å². The van der Waals surface area contributed by atoms with Crippen LogP contribution in [0.15, 0.2) is 48.7 Å². The first kappa shape index (κ1) is 31.7. The van der Waals surface area contributed by atoms with Crippen molar-refractivity contribution in [3.8, 4) is 17.0 Å². The summed E-state index contributed by atoms with van der Waals surface area (Å²) in [5, 5.41) is 3.78. The highest BCUT2D eigenvalue weighted by atomic mass is 16.5. The molecule has 3 rings (SSSR count). The first-order valence-electron chi connectivity index (χ1n) is 15.6. The first-order chi connectivity index (χ1) is 19.1. The average molecular weight is 548 g/mol. The normalized spacial score (nSPS) is 12.2. The van der Waals surface area contributed by atoms with Crippen LogP contribution in [-0.4, -0.2) is 20.9 Å². The summed E-state index contributed by atoms with van der Waals surface area (Å²) in [6, 6.07) is 13.8. The molecular formula is C35H53N3O2. The number of rotatable bonds is 17. The van der Waals surface area contributed by atoms with Crippen molar-refractivity contribution in [1.82, 2.24) is 9.38 Å². The van der Waals surface area contributed by atoms with E-state index in [9.17, 15) is 4.79 Å². The predicted molar refractivity (Wildman–Crippen MR) is 169 cm³/mol. The molecular weight excluding hydrogens is 494 g/mol. The number of anilines is 1. The van der Waals surface area contributed by atoms with Gasteiger partial charge < -0.3 is 10.1 Å². The topological polar surface area (TPSA) is 55.6 Å². The Labute approximate surface area is 243 Å². The molecule has 0 radical (unpaired) electrons. The van der Waals surface area contributed by atoms with Crippen molar-refractivity contribution in [2.75, 3.05) is 5.32 Å². The van der Waals surface area contributed by atoms with E-state index >= 15 is 0 Å². The Kier molecular flexibility index (Phi) is 12.1. The van der Waals surface area contributed by atoms with E-state index in [-0.39, 0.29) is 16.9 Å². The number of nitrogens with zero attached hydrogens (tertiary/aromatic N) is 2. The van der Waals surface area contributed by atoms with Gasteiger partial charge in [0.25, 0.3) is 0 Å². The van der Waals surface area contributed by atoms with E-state index in [1.807, 2.05) is 48.7 Å². The summed E-state index contributed by atoms with van der Waals surface area (Å²) in [6.07, 6.45) is 17.5. The summed E-state index contributed by atoms with van der Waals surface area (Å²) in [5.41, 5.74) is 2.85. The number of carbonyl (C=O) groups is 1. The van der Waals surface area contributed by atoms with Crippen LogP contribution in [0.3, 0.4) is 0 Å². The van der Waals surface area contributed by atoms with Gasteiger partial charge in [0.1, 0.15) is 22.9 Å². The summed E-state index contributed by atoms with van der Waals surface area (Å²) in [6.45, 7) is 13.5. The van der Waals surface area contributed by atoms with E-state index in [1.165, 1.54) is 57.8 Å². The number of unbranched alkanes of at least 4 members (excludes halogenated alkanes) is 10. The maximum atomic E-state index is 12.4. The second kappa shape index (κ2) is 15.3. The van der Waals surface area contributed by atoms with Crippen molar-refractivity contribution in [2.45, 2.75) is 131 Å². The molecule has 0 spiro atoms. The summed E-state index contributed by atoms with van der Waals surface area (Å²) >= 11 is 0. The third-order valence-corrected chi connectivity index (χ3v) is 7.30. The second-order valence-corrected chi connectivity index (χ2v) is 13.3. The SMILES string of the molecule is CCCCCCCCCCCCCC(=O)Oc1ccc(-c2nc3ccccn3c2NC(C)(C)CC(C)(C)C)cc1. The lowest BCUT2D eigenvalue weighted by atomic mass is 9.82. The molecule has 0 aliphatic rings. The van der Waals surface area contributed by atoms with E-state index in [0.717, 1.165) is 42.0 Å². The van der Waals surface area contributed by atoms with Crippen LogP contribution in [0.5, 0.6) is 5.75 Å². The van der Waals surface area contributed by atoms with Crippen LogP contribution in [0.1, 0.15) is 125 Å². The number of hydrogen-bond donors (Lipinski definition) is 1. The largest absolute Gasteiger partial charge is 0.427 e. The van der Waals surface area contributed by atoms with Gasteiger partial charge in [-0.05, 0) is 68.5 Å². The lowest BCUT2D eigenvalue weighted by Gasteiger charge is -2.34. The van der Waals surface area contributed by atoms with E-state index in [0.29, 0.717) is 12.2 Å². The summed E-state index contributed by atoms with van der Waals surface area (Å²) in [7, 11) is 0. The van der Waals surface area contributed by atoms with E-state index in [2.05, 4.69) is 51.3 Å². The molecule has 1 N–H and O–H groups in total. The molecule has 2 heterocycles. The third-order valence-electron chi connectivity index (χ3n) is 7.30. The van der Waals surface area contributed by atoms with Crippen LogP contribution >= 0.6 is 0 Å². The lowest BCUT2D eigenvalue weighted by molar-refractivity contribution is -0.134. The van der Waals surface area contributed by atoms with Gasteiger partial charge in [0.15, 0.2) is 0 Å². The van der Waals surface area contributed by atoms with E-state index in [1.54, 1.807) is 0 Å². The van der Waals surface area contributed by atoms with Gasteiger partial charge in [-0.1, -0.05) is 98.0 Å². The minimum Gasteiger partial charge on any atom is -0.427 e. The minimum absolute atomic E-state index is 0.122. The Morgan fingerprint density at radius 2 is 1.43 bits per heavy atom. The van der Waals surface area contributed by atoms with Crippen LogP contribution < -0.4 is 10.1 Å². The molecule has 0 amide bonds. The van der Waals surface area contributed by atoms with Gasteiger partial charge in [-0.15, -0.1) is 0 Å². The molecule has 220 valence electrons. The van der Waals surface area contributed by atoms with E-state index in [4.69, 9.17) is 9.72 Å². The van der Waals surface area contributed by atoms with Crippen molar-refractivity contribution in [3.05, 3.63) is 48.7 Å². The van der Waals surface area contributed by atoms with Crippen LogP contribution in [0.25, 0.3) is 16.9 Å². The fraction of sp³-hybridized carbons (Fsp3) is 0.600. The molecule has 0 fully saturated rings. The van der Waals surface area contributed by atoms with E-state index < -0.39 is 0 Å². The molecule has 0 aliphatic carbocycles. The molecule has 0 aliphatic heterocycles. The quantitative estimate of drug-likeness (QED) is 0.104. The second-order valence-electron chi connectivity index (χ2n) is 13.3. The molecule has 0 atom stereocenters. The molecule has 3 aromatic rings. The molecule has 2 aromatic heterocycles. The molecule has 1 aromatic carbocycles. The number of esters is 1. The molecule has 0 saturated carbocycles. The van der Waals surface area contributed by atoms with Crippen molar-refractivity contribution in [3.63, 3.8) is 0 Å². The number of imidazole rings is 1. The molecule has 5 heteroatoms. The van der Waals surface area contributed by atoms with Gasteiger partial charge in [0, 0.05) is 23.7 Å². The first-order valence-corrected chi connectivity index (χ1v) is 15.6. The molecule has 0 unspecified atom stereocenters. The highest BCUT2D eigenvalue weighted by Gasteiger charge is 2.28. The summed E-state index contributed by atoms with van der Waals surface area (Å²) in [4.78, 5) is 17.4. The van der Waals surface area contributed by atoms with Gasteiger partial charge in [0.2, 0.25) is 0 Å². The van der Waals surface area contributed by atoms with Gasteiger partial charge in [-0.25, -0.2) is 4.98 Å². The van der Waals surface area contributed by atoms with Gasteiger partial charge in [0.05, 0.1) is 0 Å². The molecule has 5 nitrogen and oxygen atoms in total. The maximum Gasteiger partial charge on any atom is 0.311 e. The van der Waals surface area contributed by atoms with Crippen molar-refractivity contribution < 1.29 is 9.53 Å². The number of carbonyl (C=O) groups excluding carboxylic acids is 1. The number of aromatic nitrogens is 2. The van der Waals surface area contributed by atoms with Crippen LogP contribution in [0.2, 0.25) is 0 Å². The van der Waals surface area contributed by atoms with Crippen molar-refractivity contribution in [2.24, 2.45) is 5.41 Å². The third kappa shape index (κ3) is 10.6. The Balaban J connectivity index is 1.51. The zero-order chi connectivity index (χ0) is 29.0. The van der Waals surface area contributed by atoms with Crippen molar-refractivity contribution >= 4 is 17.4 Å². The lowest BCUT2D eigenvalue weighted by Crippen LogP contribution is -2.36.